The third-order valence-corrected chi connectivity index (χ3v) is 2.77. The van der Waals surface area contributed by atoms with Crippen molar-refractivity contribution in [3.05, 3.63) is 35.5 Å². The van der Waals surface area contributed by atoms with E-state index in [2.05, 4.69) is 18.8 Å². The molecule has 0 bridgehead atoms. The molecule has 0 amide bonds. The molecule has 1 N–H and O–H groups in total. The number of carbonyl (C=O) groups is 1. The average Bonchev–Trinajstić information content (AvgIpc) is 2.52. The first-order valence-electron chi connectivity index (χ1n) is 5.70. The second-order valence-electron chi connectivity index (χ2n) is 4.69. The molecule has 1 heterocycles. The van der Waals surface area contributed by atoms with Crippen molar-refractivity contribution in [2.24, 2.45) is 5.92 Å². The van der Waals surface area contributed by atoms with Gasteiger partial charge >= 0.3 is 0 Å². The van der Waals surface area contributed by atoms with Crippen molar-refractivity contribution in [1.82, 2.24) is 4.98 Å². The molecule has 0 saturated heterocycles. The predicted octanol–water partition coefficient (Wildman–Crippen LogP) is 3.71. The number of aromatic amines is 1. The summed E-state index contributed by atoms with van der Waals surface area (Å²) in [6.07, 6.45) is 0.614. The number of H-pyrrole nitrogens is 1. The van der Waals surface area contributed by atoms with Crippen molar-refractivity contribution in [2.75, 3.05) is 0 Å². The lowest BCUT2D eigenvalue weighted by Crippen LogP contribution is -2.04. The number of hydrogen-bond donors (Lipinski definition) is 1. The molecule has 0 aliphatic rings. The molecule has 16 heavy (non-hydrogen) atoms. The zero-order valence-electron chi connectivity index (χ0n) is 10.0. The number of para-hydroxylation sites is 1. The van der Waals surface area contributed by atoms with Gasteiger partial charge in [-0.15, -0.1) is 0 Å². The number of ketones is 1. The summed E-state index contributed by atoms with van der Waals surface area (Å²) in [5.74, 6) is 0.644. The molecule has 0 radical (unpaired) electrons. The lowest BCUT2D eigenvalue weighted by Gasteiger charge is -2.03. The number of aromatic nitrogens is 1. The first kappa shape index (κ1) is 10.9. The number of fused-ring (bicyclic) bond motifs is 1. The highest BCUT2D eigenvalue weighted by Crippen LogP contribution is 2.24. The fourth-order valence-electron chi connectivity index (χ4n) is 2.11. The Morgan fingerprint density at radius 3 is 2.69 bits per heavy atom. The maximum atomic E-state index is 12.1. The van der Waals surface area contributed by atoms with Gasteiger partial charge < -0.3 is 4.98 Å². The van der Waals surface area contributed by atoms with Gasteiger partial charge in [0.25, 0.3) is 0 Å². The number of rotatable bonds is 3. The number of benzene rings is 1. The van der Waals surface area contributed by atoms with Gasteiger partial charge in [-0.2, -0.15) is 0 Å². The van der Waals surface area contributed by atoms with E-state index in [4.69, 9.17) is 0 Å². The molecule has 2 nitrogen and oxygen atoms in total. The maximum Gasteiger partial charge on any atom is 0.165 e. The summed E-state index contributed by atoms with van der Waals surface area (Å²) < 4.78 is 0. The summed E-state index contributed by atoms with van der Waals surface area (Å²) in [4.78, 5) is 15.4. The van der Waals surface area contributed by atoms with E-state index in [1.165, 1.54) is 0 Å². The van der Waals surface area contributed by atoms with Crippen LogP contribution in [-0.2, 0) is 0 Å². The van der Waals surface area contributed by atoms with Crippen LogP contribution in [-0.4, -0.2) is 10.8 Å². The Bertz CT molecular complexity index is 523. The Morgan fingerprint density at radius 1 is 1.31 bits per heavy atom. The van der Waals surface area contributed by atoms with Gasteiger partial charge in [0, 0.05) is 28.6 Å². The molecular weight excluding hydrogens is 198 g/mol. The minimum atomic E-state index is 0.241. The second kappa shape index (κ2) is 4.12. The SMILES string of the molecule is Cc1[nH]c2ccccc2c1C(=O)CC(C)C. The van der Waals surface area contributed by atoms with Gasteiger partial charge in [-0.3, -0.25) is 4.79 Å². The molecule has 0 fully saturated rings. The van der Waals surface area contributed by atoms with Crippen LogP contribution >= 0.6 is 0 Å². The molecule has 84 valence electrons. The van der Waals surface area contributed by atoms with Gasteiger partial charge in [0.05, 0.1) is 0 Å². The Labute approximate surface area is 95.7 Å². The first-order chi connectivity index (χ1) is 7.59. The largest absolute Gasteiger partial charge is 0.358 e. The number of aryl methyl sites for hydroxylation is 1. The van der Waals surface area contributed by atoms with Crippen LogP contribution in [0.25, 0.3) is 10.9 Å². The minimum absolute atomic E-state index is 0.241. The van der Waals surface area contributed by atoms with E-state index in [9.17, 15) is 4.79 Å². The van der Waals surface area contributed by atoms with Crippen LogP contribution in [0.5, 0.6) is 0 Å². The predicted molar refractivity (Wildman–Crippen MR) is 66.8 cm³/mol. The van der Waals surface area contributed by atoms with E-state index in [-0.39, 0.29) is 5.78 Å². The molecule has 2 heteroatoms. The van der Waals surface area contributed by atoms with Gasteiger partial charge in [-0.25, -0.2) is 0 Å². The Kier molecular flexibility index (Phi) is 2.82. The smallest absolute Gasteiger partial charge is 0.165 e. The third kappa shape index (κ3) is 1.87. The molecule has 2 rings (SSSR count). The molecule has 2 aromatic rings. The fourth-order valence-corrected chi connectivity index (χ4v) is 2.11. The zero-order chi connectivity index (χ0) is 11.7. The molecule has 1 aromatic carbocycles. The maximum absolute atomic E-state index is 12.1. The standard InChI is InChI=1S/C14H17NO/c1-9(2)8-13(16)14-10(3)15-12-7-5-4-6-11(12)14/h4-7,9,15H,8H2,1-3H3. The van der Waals surface area contributed by atoms with Crippen LogP contribution in [0.2, 0.25) is 0 Å². The summed E-state index contributed by atoms with van der Waals surface area (Å²) in [5.41, 5.74) is 2.89. The average molecular weight is 215 g/mol. The van der Waals surface area contributed by atoms with Crippen molar-refractivity contribution in [1.29, 1.82) is 0 Å². The normalized spacial score (nSPS) is 11.2. The highest BCUT2D eigenvalue weighted by molar-refractivity contribution is 6.09. The molecular formula is C14H17NO. The van der Waals surface area contributed by atoms with Gasteiger partial charge in [0.15, 0.2) is 5.78 Å². The topological polar surface area (TPSA) is 32.9 Å². The van der Waals surface area contributed by atoms with Crippen molar-refractivity contribution in [3.63, 3.8) is 0 Å². The highest BCUT2D eigenvalue weighted by atomic mass is 16.1. The van der Waals surface area contributed by atoms with Crippen molar-refractivity contribution >= 4 is 16.7 Å². The molecule has 0 aliphatic carbocycles. The van der Waals surface area contributed by atoms with Crippen LogP contribution in [0.3, 0.4) is 0 Å². The summed E-state index contributed by atoms with van der Waals surface area (Å²) >= 11 is 0. The van der Waals surface area contributed by atoms with Crippen LogP contribution in [0.15, 0.2) is 24.3 Å². The lowest BCUT2D eigenvalue weighted by molar-refractivity contribution is 0.0969. The second-order valence-corrected chi connectivity index (χ2v) is 4.69. The summed E-state index contributed by atoms with van der Waals surface area (Å²) in [7, 11) is 0. The quantitative estimate of drug-likeness (QED) is 0.778. The van der Waals surface area contributed by atoms with E-state index in [0.717, 1.165) is 22.2 Å². The van der Waals surface area contributed by atoms with Gasteiger partial charge in [-0.05, 0) is 18.9 Å². The van der Waals surface area contributed by atoms with Crippen LogP contribution in [0.1, 0.15) is 36.3 Å². The number of carbonyl (C=O) groups excluding carboxylic acids is 1. The molecule has 0 unspecified atom stereocenters. The molecule has 0 spiro atoms. The van der Waals surface area contributed by atoms with Crippen molar-refractivity contribution < 1.29 is 4.79 Å². The van der Waals surface area contributed by atoms with Crippen molar-refractivity contribution in [2.45, 2.75) is 27.2 Å². The Hall–Kier alpha value is -1.57. The highest BCUT2D eigenvalue weighted by Gasteiger charge is 2.16. The number of hydrogen-bond acceptors (Lipinski definition) is 1. The van der Waals surface area contributed by atoms with E-state index in [1.54, 1.807) is 0 Å². The van der Waals surface area contributed by atoms with E-state index in [1.807, 2.05) is 31.2 Å². The number of nitrogens with one attached hydrogen (secondary N) is 1. The van der Waals surface area contributed by atoms with E-state index >= 15 is 0 Å². The van der Waals surface area contributed by atoms with Gasteiger partial charge in [-0.1, -0.05) is 32.0 Å². The van der Waals surface area contributed by atoms with Crippen LogP contribution in [0.4, 0.5) is 0 Å². The van der Waals surface area contributed by atoms with Gasteiger partial charge in [0.2, 0.25) is 0 Å². The monoisotopic (exact) mass is 215 g/mol. The van der Waals surface area contributed by atoms with Crippen LogP contribution < -0.4 is 0 Å². The summed E-state index contributed by atoms with van der Waals surface area (Å²) in [6, 6.07) is 7.97. The van der Waals surface area contributed by atoms with Crippen molar-refractivity contribution in [3.8, 4) is 0 Å². The molecule has 0 atom stereocenters. The minimum Gasteiger partial charge on any atom is -0.358 e. The summed E-state index contributed by atoms with van der Waals surface area (Å²) in [6.45, 7) is 6.11. The molecule has 0 saturated carbocycles. The van der Waals surface area contributed by atoms with E-state index in [0.29, 0.717) is 12.3 Å². The fraction of sp³-hybridized carbons (Fsp3) is 0.357. The van der Waals surface area contributed by atoms with Gasteiger partial charge in [0.1, 0.15) is 0 Å². The zero-order valence-corrected chi connectivity index (χ0v) is 10.0. The third-order valence-electron chi connectivity index (χ3n) is 2.77. The summed E-state index contributed by atoms with van der Waals surface area (Å²) in [5, 5.41) is 1.05. The van der Waals surface area contributed by atoms with Crippen LogP contribution in [0, 0.1) is 12.8 Å². The number of Topliss-reactive ketones (excluding diaryl/α,β-unsaturated/α-hetero) is 1. The van der Waals surface area contributed by atoms with E-state index < -0.39 is 0 Å². The Morgan fingerprint density at radius 2 is 2.00 bits per heavy atom. The molecule has 0 aliphatic heterocycles. The molecule has 1 aromatic heterocycles. The Balaban J connectivity index is 2.51. The lowest BCUT2D eigenvalue weighted by atomic mass is 9.99. The first-order valence-corrected chi connectivity index (χ1v) is 5.70.